The van der Waals surface area contributed by atoms with Gasteiger partial charge >= 0.3 is 0 Å². The molecule has 0 saturated heterocycles. The van der Waals surface area contributed by atoms with Crippen molar-refractivity contribution in [2.24, 2.45) is 0 Å². The number of carbonyl (C=O) groups excluding carboxylic acids is 1. The first-order valence-corrected chi connectivity index (χ1v) is 7.42. The van der Waals surface area contributed by atoms with Gasteiger partial charge in [-0.05, 0) is 19.4 Å². The summed E-state index contributed by atoms with van der Waals surface area (Å²) in [7, 11) is 0. The van der Waals surface area contributed by atoms with Gasteiger partial charge in [0.1, 0.15) is 5.78 Å². The van der Waals surface area contributed by atoms with Crippen molar-refractivity contribution in [2.45, 2.75) is 84.6 Å². The molecule has 0 amide bonds. The molecule has 0 aliphatic rings. The van der Waals surface area contributed by atoms with Crippen LogP contribution in [0.3, 0.4) is 0 Å². The molecule has 0 aliphatic heterocycles. The van der Waals surface area contributed by atoms with Crippen LogP contribution in [0.4, 0.5) is 0 Å². The Kier molecular flexibility index (Phi) is 11.8. The Balaban J connectivity index is 3.18. The Labute approximate surface area is 108 Å². The fourth-order valence-corrected chi connectivity index (χ4v) is 1.90. The molecule has 0 heterocycles. The van der Waals surface area contributed by atoms with Crippen LogP contribution in [-0.4, -0.2) is 18.4 Å². The highest BCUT2D eigenvalue weighted by Crippen LogP contribution is 2.08. The Morgan fingerprint density at radius 2 is 1.53 bits per heavy atom. The average Bonchev–Trinajstić information content (AvgIpc) is 2.29. The molecule has 0 unspecified atom stereocenters. The Hall–Kier alpha value is -0.370. The number of hydrogen-bond donors (Lipinski definition) is 1. The third-order valence-corrected chi connectivity index (χ3v) is 2.99. The summed E-state index contributed by atoms with van der Waals surface area (Å²) >= 11 is 0. The van der Waals surface area contributed by atoms with Gasteiger partial charge in [-0.25, -0.2) is 0 Å². The molecule has 0 aromatic heterocycles. The van der Waals surface area contributed by atoms with E-state index in [1.807, 2.05) is 0 Å². The summed E-state index contributed by atoms with van der Waals surface area (Å²) in [4.78, 5) is 11.5. The van der Waals surface area contributed by atoms with Crippen molar-refractivity contribution in [1.29, 1.82) is 0 Å². The van der Waals surface area contributed by atoms with E-state index in [4.69, 9.17) is 0 Å². The average molecular weight is 241 g/mol. The third kappa shape index (κ3) is 13.6. The molecule has 0 atom stereocenters. The zero-order chi connectivity index (χ0) is 12.9. The maximum Gasteiger partial charge on any atom is 0.132 e. The Morgan fingerprint density at radius 1 is 0.941 bits per heavy atom. The van der Waals surface area contributed by atoms with E-state index in [-0.39, 0.29) is 0 Å². The van der Waals surface area contributed by atoms with Crippen molar-refractivity contribution in [3.8, 4) is 0 Å². The summed E-state index contributed by atoms with van der Waals surface area (Å²) in [6, 6.07) is 0.531. The van der Waals surface area contributed by atoms with Gasteiger partial charge in [-0.1, -0.05) is 52.9 Å². The predicted octanol–water partition coefficient (Wildman–Crippen LogP) is 4.08. The van der Waals surface area contributed by atoms with Crippen molar-refractivity contribution < 1.29 is 4.79 Å². The smallest absolute Gasteiger partial charge is 0.132 e. The van der Waals surface area contributed by atoms with E-state index >= 15 is 0 Å². The van der Waals surface area contributed by atoms with Crippen LogP contribution in [0, 0.1) is 0 Å². The molecule has 0 aromatic carbocycles. The number of Topliss-reactive ketones (excluding diaryl/α,β-unsaturated/α-hetero) is 1. The molecule has 0 spiro atoms. The van der Waals surface area contributed by atoms with E-state index < -0.39 is 0 Å². The molecule has 102 valence electrons. The summed E-state index contributed by atoms with van der Waals surface area (Å²) in [5.74, 6) is 0.450. The van der Waals surface area contributed by atoms with E-state index in [2.05, 4.69) is 26.1 Å². The second-order valence-corrected chi connectivity index (χ2v) is 5.27. The van der Waals surface area contributed by atoms with Crippen molar-refractivity contribution >= 4 is 5.78 Å². The lowest BCUT2D eigenvalue weighted by Gasteiger charge is -2.07. The molecular weight excluding hydrogens is 210 g/mol. The molecular formula is C15H31NO. The molecule has 0 saturated carbocycles. The van der Waals surface area contributed by atoms with Gasteiger partial charge in [-0.2, -0.15) is 0 Å². The second-order valence-electron chi connectivity index (χ2n) is 5.27. The second kappa shape index (κ2) is 12.1. The van der Waals surface area contributed by atoms with Gasteiger partial charge < -0.3 is 5.32 Å². The zero-order valence-electron chi connectivity index (χ0n) is 12.1. The minimum Gasteiger partial charge on any atom is -0.315 e. The van der Waals surface area contributed by atoms with Crippen molar-refractivity contribution in [3.05, 3.63) is 0 Å². The SMILES string of the molecule is CCCCCCCCC(=O)CCCNC(C)C. The topological polar surface area (TPSA) is 29.1 Å². The summed E-state index contributed by atoms with van der Waals surface area (Å²) in [5.41, 5.74) is 0. The highest BCUT2D eigenvalue weighted by molar-refractivity contribution is 5.78. The van der Waals surface area contributed by atoms with E-state index in [1.165, 1.54) is 32.1 Å². The highest BCUT2D eigenvalue weighted by Gasteiger charge is 2.01. The predicted molar refractivity (Wildman–Crippen MR) is 75.4 cm³/mol. The number of carbonyl (C=O) groups is 1. The minimum absolute atomic E-state index is 0.450. The van der Waals surface area contributed by atoms with Gasteiger partial charge in [0.15, 0.2) is 0 Å². The fourth-order valence-electron chi connectivity index (χ4n) is 1.90. The van der Waals surface area contributed by atoms with Crippen LogP contribution in [0.25, 0.3) is 0 Å². The number of nitrogens with one attached hydrogen (secondary N) is 1. The number of unbranched alkanes of at least 4 members (excludes halogenated alkanes) is 5. The first-order valence-electron chi connectivity index (χ1n) is 7.42. The molecule has 0 bridgehead atoms. The first-order chi connectivity index (χ1) is 8.16. The van der Waals surface area contributed by atoms with Crippen LogP contribution in [-0.2, 0) is 4.79 Å². The number of ketones is 1. The van der Waals surface area contributed by atoms with Gasteiger partial charge in [0, 0.05) is 18.9 Å². The van der Waals surface area contributed by atoms with Crippen LogP contribution in [0.2, 0.25) is 0 Å². The van der Waals surface area contributed by atoms with Gasteiger partial charge in [-0.3, -0.25) is 4.79 Å². The molecule has 0 aromatic rings. The lowest BCUT2D eigenvalue weighted by atomic mass is 10.1. The Morgan fingerprint density at radius 3 is 2.18 bits per heavy atom. The third-order valence-electron chi connectivity index (χ3n) is 2.99. The van der Waals surface area contributed by atoms with E-state index in [9.17, 15) is 4.79 Å². The van der Waals surface area contributed by atoms with Crippen molar-refractivity contribution in [1.82, 2.24) is 5.32 Å². The van der Waals surface area contributed by atoms with Crippen LogP contribution in [0.1, 0.15) is 78.6 Å². The largest absolute Gasteiger partial charge is 0.315 e. The van der Waals surface area contributed by atoms with Crippen LogP contribution >= 0.6 is 0 Å². The van der Waals surface area contributed by atoms with Gasteiger partial charge in [-0.15, -0.1) is 0 Å². The maximum absolute atomic E-state index is 11.5. The van der Waals surface area contributed by atoms with Crippen LogP contribution in [0.15, 0.2) is 0 Å². The van der Waals surface area contributed by atoms with E-state index in [1.54, 1.807) is 0 Å². The molecule has 2 heteroatoms. The molecule has 0 rings (SSSR count). The molecule has 0 aliphatic carbocycles. The molecule has 1 N–H and O–H groups in total. The lowest BCUT2D eigenvalue weighted by molar-refractivity contribution is -0.119. The van der Waals surface area contributed by atoms with E-state index in [0.29, 0.717) is 11.8 Å². The summed E-state index contributed by atoms with van der Waals surface area (Å²) < 4.78 is 0. The van der Waals surface area contributed by atoms with Crippen LogP contribution in [0.5, 0.6) is 0 Å². The number of rotatable bonds is 12. The van der Waals surface area contributed by atoms with E-state index in [0.717, 1.165) is 32.2 Å². The highest BCUT2D eigenvalue weighted by atomic mass is 16.1. The normalized spacial score (nSPS) is 11.1. The van der Waals surface area contributed by atoms with Crippen molar-refractivity contribution in [2.75, 3.05) is 6.54 Å². The lowest BCUT2D eigenvalue weighted by Crippen LogP contribution is -2.24. The summed E-state index contributed by atoms with van der Waals surface area (Å²) in [6.07, 6.45) is 10.2. The minimum atomic E-state index is 0.450. The van der Waals surface area contributed by atoms with Gasteiger partial charge in [0.2, 0.25) is 0 Å². The molecule has 17 heavy (non-hydrogen) atoms. The molecule has 0 fully saturated rings. The van der Waals surface area contributed by atoms with Crippen LogP contribution < -0.4 is 5.32 Å². The zero-order valence-corrected chi connectivity index (χ0v) is 12.1. The van der Waals surface area contributed by atoms with Gasteiger partial charge in [0.05, 0.1) is 0 Å². The molecule has 2 nitrogen and oxygen atoms in total. The fraction of sp³-hybridized carbons (Fsp3) is 0.933. The maximum atomic E-state index is 11.5. The first kappa shape index (κ1) is 16.6. The quantitative estimate of drug-likeness (QED) is 0.522. The Bertz CT molecular complexity index is 178. The van der Waals surface area contributed by atoms with Crippen molar-refractivity contribution in [3.63, 3.8) is 0 Å². The standard InChI is InChI=1S/C15H31NO/c1-4-5-6-7-8-9-11-15(17)12-10-13-16-14(2)3/h14,16H,4-13H2,1-3H3. The number of hydrogen-bond acceptors (Lipinski definition) is 2. The molecule has 0 radical (unpaired) electrons. The summed E-state index contributed by atoms with van der Waals surface area (Å²) in [6.45, 7) is 7.48. The van der Waals surface area contributed by atoms with Gasteiger partial charge in [0.25, 0.3) is 0 Å². The monoisotopic (exact) mass is 241 g/mol. The summed E-state index contributed by atoms with van der Waals surface area (Å²) in [5, 5.41) is 3.34.